The van der Waals surface area contributed by atoms with E-state index in [4.69, 9.17) is 10.5 Å². The maximum Gasteiger partial charge on any atom is 0.227 e. The highest BCUT2D eigenvalue weighted by Gasteiger charge is 2.18. The number of nitrogens with two attached hydrogens (primary N) is 1. The molecule has 1 fully saturated rings. The second-order valence-electron chi connectivity index (χ2n) is 5.26. The van der Waals surface area contributed by atoms with E-state index < -0.39 is 0 Å². The number of aryl methyl sites for hydroxylation is 2. The number of carbonyl (C=O) groups excluding carboxylic acids is 1. The molecule has 1 aliphatic rings. The Balaban J connectivity index is 1.96. The van der Waals surface area contributed by atoms with Crippen LogP contribution in [0.1, 0.15) is 36.8 Å². The number of hydrogen-bond donors (Lipinski definition) is 2. The summed E-state index contributed by atoms with van der Waals surface area (Å²) in [6.07, 6.45) is 3.68. The largest absolute Gasteiger partial charge is 0.397 e. The van der Waals surface area contributed by atoms with E-state index in [1.165, 1.54) is 0 Å². The summed E-state index contributed by atoms with van der Waals surface area (Å²) >= 11 is 0. The maximum absolute atomic E-state index is 12.0. The Morgan fingerprint density at radius 3 is 2.79 bits per heavy atom. The highest BCUT2D eigenvalue weighted by molar-refractivity contribution is 5.94. The van der Waals surface area contributed by atoms with Crippen LogP contribution in [-0.4, -0.2) is 18.6 Å². The third kappa shape index (κ3) is 3.70. The third-order valence-electron chi connectivity index (χ3n) is 3.63. The van der Waals surface area contributed by atoms with Crippen molar-refractivity contribution in [2.75, 3.05) is 17.7 Å². The number of amides is 1. The Morgan fingerprint density at radius 1 is 1.37 bits per heavy atom. The lowest BCUT2D eigenvalue weighted by atomic mass is 10.1. The van der Waals surface area contributed by atoms with Crippen LogP contribution in [0.2, 0.25) is 0 Å². The van der Waals surface area contributed by atoms with Crippen molar-refractivity contribution in [2.45, 2.75) is 45.6 Å². The van der Waals surface area contributed by atoms with E-state index >= 15 is 0 Å². The number of anilines is 2. The van der Waals surface area contributed by atoms with E-state index in [0.717, 1.165) is 37.0 Å². The number of nitrogens with one attached hydrogen (secondary N) is 1. The minimum absolute atomic E-state index is 0.0261. The Labute approximate surface area is 114 Å². The number of nitrogen functional groups attached to an aromatic ring is 1. The Kier molecular flexibility index (Phi) is 4.43. The minimum atomic E-state index is -0.0261. The summed E-state index contributed by atoms with van der Waals surface area (Å²) in [5.74, 6) is -0.0261. The smallest absolute Gasteiger partial charge is 0.227 e. The maximum atomic E-state index is 12.0. The van der Waals surface area contributed by atoms with Gasteiger partial charge in [0, 0.05) is 6.61 Å². The zero-order valence-corrected chi connectivity index (χ0v) is 11.7. The zero-order valence-electron chi connectivity index (χ0n) is 11.7. The van der Waals surface area contributed by atoms with Gasteiger partial charge in [-0.05, 0) is 56.4 Å². The zero-order chi connectivity index (χ0) is 13.8. The molecule has 3 N–H and O–H groups in total. The lowest BCUT2D eigenvalue weighted by molar-refractivity contribution is -0.119. The van der Waals surface area contributed by atoms with Gasteiger partial charge >= 0.3 is 0 Å². The van der Waals surface area contributed by atoms with Gasteiger partial charge in [0.05, 0.1) is 23.9 Å². The molecule has 0 radical (unpaired) electrons. The van der Waals surface area contributed by atoms with E-state index in [1.807, 2.05) is 26.0 Å². The standard InChI is InChI=1S/C15H22N2O2/c1-10-7-13(16)14(8-11(10)2)17-15(18)9-12-5-3-4-6-19-12/h7-8,12H,3-6,9,16H2,1-2H3,(H,17,18). The average molecular weight is 262 g/mol. The van der Waals surface area contributed by atoms with Crippen molar-refractivity contribution >= 4 is 17.3 Å². The first-order valence-electron chi connectivity index (χ1n) is 6.84. The predicted molar refractivity (Wildman–Crippen MR) is 77.2 cm³/mol. The van der Waals surface area contributed by atoms with Crippen LogP contribution in [0.4, 0.5) is 11.4 Å². The van der Waals surface area contributed by atoms with Gasteiger partial charge in [-0.15, -0.1) is 0 Å². The highest BCUT2D eigenvalue weighted by Crippen LogP contribution is 2.24. The summed E-state index contributed by atoms with van der Waals surface area (Å²) in [7, 11) is 0. The first-order chi connectivity index (χ1) is 9.06. The van der Waals surface area contributed by atoms with Crippen LogP contribution in [0.3, 0.4) is 0 Å². The molecule has 1 amide bonds. The first-order valence-corrected chi connectivity index (χ1v) is 6.84. The SMILES string of the molecule is Cc1cc(N)c(NC(=O)CC2CCCCO2)cc1C. The molecule has 19 heavy (non-hydrogen) atoms. The van der Waals surface area contributed by atoms with Crippen LogP contribution in [0, 0.1) is 13.8 Å². The molecule has 0 saturated carbocycles. The molecule has 1 atom stereocenters. The molecule has 1 aromatic rings. The van der Waals surface area contributed by atoms with Gasteiger partial charge in [-0.3, -0.25) is 4.79 Å². The van der Waals surface area contributed by atoms with Crippen LogP contribution in [0.15, 0.2) is 12.1 Å². The van der Waals surface area contributed by atoms with E-state index in [0.29, 0.717) is 17.8 Å². The van der Waals surface area contributed by atoms with E-state index in [1.54, 1.807) is 0 Å². The number of rotatable bonds is 3. The number of carbonyl (C=O) groups is 1. The molecule has 1 aromatic carbocycles. The number of hydrogen-bond acceptors (Lipinski definition) is 3. The molecule has 4 heteroatoms. The van der Waals surface area contributed by atoms with Gasteiger partial charge in [0.1, 0.15) is 0 Å². The monoisotopic (exact) mass is 262 g/mol. The van der Waals surface area contributed by atoms with Gasteiger partial charge in [0.25, 0.3) is 0 Å². The second-order valence-corrected chi connectivity index (χ2v) is 5.26. The summed E-state index contributed by atoms with van der Waals surface area (Å²) < 4.78 is 5.57. The van der Waals surface area contributed by atoms with Gasteiger partial charge in [-0.25, -0.2) is 0 Å². The summed E-state index contributed by atoms with van der Waals surface area (Å²) in [6, 6.07) is 3.81. The summed E-state index contributed by atoms with van der Waals surface area (Å²) in [5, 5.41) is 2.88. The predicted octanol–water partition coefficient (Wildman–Crippen LogP) is 2.78. The molecule has 1 heterocycles. The molecule has 1 saturated heterocycles. The van der Waals surface area contributed by atoms with Gasteiger partial charge in [0.2, 0.25) is 5.91 Å². The van der Waals surface area contributed by atoms with Crippen molar-refractivity contribution in [3.05, 3.63) is 23.3 Å². The van der Waals surface area contributed by atoms with Gasteiger partial charge in [-0.1, -0.05) is 0 Å². The molecule has 1 unspecified atom stereocenters. The lowest BCUT2D eigenvalue weighted by Crippen LogP contribution is -2.25. The Bertz CT molecular complexity index is 465. The lowest BCUT2D eigenvalue weighted by Gasteiger charge is -2.22. The molecule has 0 spiro atoms. The normalized spacial score (nSPS) is 19.2. The fourth-order valence-electron chi connectivity index (χ4n) is 2.32. The fraction of sp³-hybridized carbons (Fsp3) is 0.533. The van der Waals surface area contributed by atoms with E-state index in [-0.39, 0.29) is 12.0 Å². The van der Waals surface area contributed by atoms with Crippen molar-refractivity contribution in [1.82, 2.24) is 0 Å². The molecule has 2 rings (SSSR count). The van der Waals surface area contributed by atoms with Crippen LogP contribution in [0.5, 0.6) is 0 Å². The first kappa shape index (κ1) is 13.9. The van der Waals surface area contributed by atoms with Crippen LogP contribution in [-0.2, 0) is 9.53 Å². The molecular weight excluding hydrogens is 240 g/mol. The second kappa shape index (κ2) is 6.06. The van der Waals surface area contributed by atoms with Gasteiger partial charge in [0.15, 0.2) is 0 Å². The average Bonchev–Trinajstić information content (AvgIpc) is 2.37. The van der Waals surface area contributed by atoms with Crippen molar-refractivity contribution in [2.24, 2.45) is 0 Å². The summed E-state index contributed by atoms with van der Waals surface area (Å²) in [6.45, 7) is 4.78. The van der Waals surface area contributed by atoms with Crippen molar-refractivity contribution in [3.63, 3.8) is 0 Å². The molecule has 104 valence electrons. The van der Waals surface area contributed by atoms with Crippen LogP contribution < -0.4 is 11.1 Å². The molecule has 1 aliphatic heterocycles. The molecular formula is C15H22N2O2. The van der Waals surface area contributed by atoms with Crippen molar-refractivity contribution in [1.29, 1.82) is 0 Å². The number of ether oxygens (including phenoxy) is 1. The molecule has 0 aliphatic carbocycles. The summed E-state index contributed by atoms with van der Waals surface area (Å²) in [4.78, 5) is 12.0. The Morgan fingerprint density at radius 2 is 2.11 bits per heavy atom. The quantitative estimate of drug-likeness (QED) is 0.823. The molecule has 4 nitrogen and oxygen atoms in total. The summed E-state index contributed by atoms with van der Waals surface area (Å²) in [5.41, 5.74) is 9.49. The van der Waals surface area contributed by atoms with Crippen molar-refractivity contribution < 1.29 is 9.53 Å². The van der Waals surface area contributed by atoms with E-state index in [9.17, 15) is 4.79 Å². The van der Waals surface area contributed by atoms with Crippen LogP contribution >= 0.6 is 0 Å². The van der Waals surface area contributed by atoms with Gasteiger partial charge < -0.3 is 15.8 Å². The molecule has 0 aromatic heterocycles. The topological polar surface area (TPSA) is 64.3 Å². The fourth-order valence-corrected chi connectivity index (χ4v) is 2.32. The molecule has 0 bridgehead atoms. The highest BCUT2D eigenvalue weighted by atomic mass is 16.5. The van der Waals surface area contributed by atoms with Crippen molar-refractivity contribution in [3.8, 4) is 0 Å². The van der Waals surface area contributed by atoms with Gasteiger partial charge in [-0.2, -0.15) is 0 Å². The minimum Gasteiger partial charge on any atom is -0.397 e. The third-order valence-corrected chi connectivity index (χ3v) is 3.63. The van der Waals surface area contributed by atoms with Crippen LogP contribution in [0.25, 0.3) is 0 Å². The Hall–Kier alpha value is -1.55. The number of benzene rings is 1. The van der Waals surface area contributed by atoms with E-state index in [2.05, 4.69) is 5.32 Å².